The lowest BCUT2D eigenvalue weighted by Gasteiger charge is -2.34. The molecule has 0 aromatic carbocycles. The Kier molecular flexibility index (Phi) is 7.89. The first-order valence-electron chi connectivity index (χ1n) is 9.09. The number of ketones is 1. The van der Waals surface area contributed by atoms with Crippen LogP contribution in [0.4, 0.5) is 0 Å². The summed E-state index contributed by atoms with van der Waals surface area (Å²) in [5.74, 6) is -0.0377. The minimum Gasteiger partial charge on any atom is -0.378 e. The van der Waals surface area contributed by atoms with Crippen molar-refractivity contribution >= 4 is 39.8 Å². The van der Waals surface area contributed by atoms with E-state index in [-0.39, 0.29) is 18.4 Å². The molecular weight excluding hydrogens is 374 g/mol. The van der Waals surface area contributed by atoms with Crippen LogP contribution in [0, 0.1) is 10.8 Å². The molecule has 8 nitrogen and oxygen atoms in total. The number of nitrogens with one attached hydrogen (secondary N) is 2. The maximum atomic E-state index is 11.0. The van der Waals surface area contributed by atoms with Crippen molar-refractivity contribution in [2.75, 3.05) is 32.7 Å². The molecule has 2 rings (SSSR count). The summed E-state index contributed by atoms with van der Waals surface area (Å²) in [6.07, 6.45) is 8.60. The van der Waals surface area contributed by atoms with Gasteiger partial charge in [-0.3, -0.25) is 25.0 Å². The molecule has 6 N–H and O–H groups in total. The van der Waals surface area contributed by atoms with Crippen LogP contribution < -0.4 is 11.5 Å². The summed E-state index contributed by atoms with van der Waals surface area (Å²) in [4.78, 5) is 17.3. The number of thioether (sulfide) groups is 1. The zero-order chi connectivity index (χ0) is 20.7. The number of Topliss-reactive ketones (excluding diaryl/α,β-unsaturated/α-hetero) is 1. The fourth-order valence-electron chi connectivity index (χ4n) is 3.00. The summed E-state index contributed by atoms with van der Waals surface area (Å²) in [5, 5.41) is 16.2. The molecule has 1 fully saturated rings. The monoisotopic (exact) mass is 402 g/mol. The second kappa shape index (κ2) is 10.1. The fraction of sp³-hybridized carbons (Fsp3) is 0.421. The maximum absolute atomic E-state index is 11.0. The molecule has 1 unspecified atom stereocenters. The molecule has 0 aromatic rings. The molecule has 150 valence electrons. The number of aliphatic imine (C=N–C) groups is 1. The van der Waals surface area contributed by atoms with Gasteiger partial charge in [-0.25, -0.2) is 0 Å². The van der Waals surface area contributed by atoms with Gasteiger partial charge in [0.2, 0.25) is 0 Å². The first kappa shape index (κ1) is 21.8. The molecular formula is C19H28N7OS+. The Balaban J connectivity index is 1.95. The first-order chi connectivity index (χ1) is 13.3. The Morgan fingerprint density at radius 2 is 2.07 bits per heavy atom. The Hall–Kier alpha value is -2.52. The van der Waals surface area contributed by atoms with E-state index in [0.29, 0.717) is 16.0 Å². The lowest BCUT2D eigenvalue weighted by atomic mass is 9.95. The average molecular weight is 403 g/mol. The van der Waals surface area contributed by atoms with Gasteiger partial charge in [0.25, 0.3) is 0 Å². The number of nitrogens with zero attached hydrogens (tertiary/aromatic N) is 3. The van der Waals surface area contributed by atoms with Crippen molar-refractivity contribution in [3.8, 4) is 0 Å². The molecule has 9 heteroatoms. The third-order valence-corrected chi connectivity index (χ3v) is 5.47. The molecule has 1 heterocycles. The predicted molar refractivity (Wildman–Crippen MR) is 117 cm³/mol. The molecule has 0 aromatic heterocycles. The standard InChI is InChI=1S/C19H27N7OS/c1-13(27)12-24-18(22)28-19(23)26-9-7-25(8-10-26)14(2)16-4-3-15(5-6-20)17(21)11-16/h3-6,11,14,20-21,23H,7-10,12H2,1-2H3,(H2,22,24)/p+1/b15-5-,20-6?,21-17?. The SMILES string of the molecule is CC(=O)CN=C(N)SC(N)=[N+]1CCN(C(C)C2=CC(=N)/C(=C\C=N)C=C2)CC1. The van der Waals surface area contributed by atoms with Crippen molar-refractivity contribution in [1.29, 1.82) is 10.8 Å². The van der Waals surface area contributed by atoms with Crippen molar-refractivity contribution in [3.63, 3.8) is 0 Å². The molecule has 0 spiro atoms. The van der Waals surface area contributed by atoms with Gasteiger partial charge in [0.15, 0.2) is 11.0 Å². The van der Waals surface area contributed by atoms with E-state index >= 15 is 0 Å². The van der Waals surface area contributed by atoms with Crippen molar-refractivity contribution < 1.29 is 9.37 Å². The van der Waals surface area contributed by atoms with Crippen LogP contribution in [0.15, 0.2) is 40.4 Å². The lowest BCUT2D eigenvalue weighted by Crippen LogP contribution is -2.49. The van der Waals surface area contributed by atoms with Crippen molar-refractivity contribution in [2.24, 2.45) is 16.5 Å². The average Bonchev–Trinajstić information content (AvgIpc) is 2.67. The van der Waals surface area contributed by atoms with E-state index in [2.05, 4.69) is 21.4 Å². The molecule has 2 aliphatic rings. The molecule has 0 saturated carbocycles. The Labute approximate surface area is 169 Å². The number of hydrogen-bond acceptors (Lipinski definition) is 6. The highest BCUT2D eigenvalue weighted by molar-refractivity contribution is 8.26. The summed E-state index contributed by atoms with van der Waals surface area (Å²) in [6, 6.07) is 0.191. The van der Waals surface area contributed by atoms with Crippen LogP contribution in [0.3, 0.4) is 0 Å². The molecule has 1 saturated heterocycles. The van der Waals surface area contributed by atoms with Crippen LogP contribution in [-0.4, -0.2) is 76.3 Å². The van der Waals surface area contributed by atoms with Gasteiger partial charge >= 0.3 is 5.17 Å². The Morgan fingerprint density at radius 1 is 1.39 bits per heavy atom. The summed E-state index contributed by atoms with van der Waals surface area (Å²) in [6.45, 7) is 6.92. The van der Waals surface area contributed by atoms with E-state index in [1.165, 1.54) is 24.9 Å². The highest BCUT2D eigenvalue weighted by Crippen LogP contribution is 2.20. The fourth-order valence-corrected chi connectivity index (χ4v) is 3.66. The summed E-state index contributed by atoms with van der Waals surface area (Å²) >= 11 is 1.19. The van der Waals surface area contributed by atoms with E-state index in [4.69, 9.17) is 22.3 Å². The van der Waals surface area contributed by atoms with Crippen LogP contribution in [0.1, 0.15) is 13.8 Å². The molecule has 1 atom stereocenters. The largest absolute Gasteiger partial charge is 0.378 e. The van der Waals surface area contributed by atoms with Crippen molar-refractivity contribution in [2.45, 2.75) is 19.9 Å². The highest BCUT2D eigenvalue weighted by Gasteiger charge is 2.25. The lowest BCUT2D eigenvalue weighted by molar-refractivity contribution is -0.538. The highest BCUT2D eigenvalue weighted by atomic mass is 32.2. The van der Waals surface area contributed by atoms with Gasteiger partial charge < -0.3 is 16.6 Å². The number of amidine groups is 2. The third kappa shape index (κ3) is 6.00. The quantitative estimate of drug-likeness (QED) is 0.306. The molecule has 28 heavy (non-hydrogen) atoms. The van der Waals surface area contributed by atoms with Crippen LogP contribution in [-0.2, 0) is 4.79 Å². The van der Waals surface area contributed by atoms with Gasteiger partial charge in [0, 0.05) is 42.7 Å². The van der Waals surface area contributed by atoms with E-state index in [1.807, 2.05) is 18.2 Å². The zero-order valence-electron chi connectivity index (χ0n) is 16.3. The van der Waals surface area contributed by atoms with Crippen LogP contribution in [0.25, 0.3) is 0 Å². The minimum atomic E-state index is -0.0377. The van der Waals surface area contributed by atoms with Gasteiger partial charge in [0.05, 0.1) is 18.8 Å². The van der Waals surface area contributed by atoms with Crippen molar-refractivity contribution in [1.82, 2.24) is 4.90 Å². The van der Waals surface area contributed by atoms with Gasteiger partial charge in [-0.15, -0.1) is 0 Å². The first-order valence-corrected chi connectivity index (χ1v) is 9.91. The second-order valence-electron chi connectivity index (χ2n) is 6.68. The Morgan fingerprint density at radius 3 is 2.64 bits per heavy atom. The molecule has 1 aliphatic carbocycles. The predicted octanol–water partition coefficient (Wildman–Crippen LogP) is 0.747. The van der Waals surface area contributed by atoms with Gasteiger partial charge in [-0.2, -0.15) is 0 Å². The number of piperazine rings is 1. The van der Waals surface area contributed by atoms with Gasteiger partial charge in [-0.1, -0.05) is 12.2 Å². The van der Waals surface area contributed by atoms with Crippen LogP contribution in [0.5, 0.6) is 0 Å². The summed E-state index contributed by atoms with van der Waals surface area (Å²) in [5.41, 5.74) is 14.2. The number of allylic oxidation sites excluding steroid dienone is 4. The van der Waals surface area contributed by atoms with E-state index in [1.54, 1.807) is 6.08 Å². The number of carbonyl (C=O) groups is 1. The van der Waals surface area contributed by atoms with Crippen LogP contribution >= 0.6 is 11.8 Å². The minimum absolute atomic E-state index is 0.0377. The normalized spacial score (nSPS) is 20.9. The summed E-state index contributed by atoms with van der Waals surface area (Å²) in [7, 11) is 0. The molecule has 0 radical (unpaired) electrons. The van der Waals surface area contributed by atoms with Crippen molar-refractivity contribution in [3.05, 3.63) is 35.5 Å². The zero-order valence-corrected chi connectivity index (χ0v) is 17.1. The second-order valence-corrected chi connectivity index (χ2v) is 7.72. The smallest absolute Gasteiger partial charge is 0.311 e. The third-order valence-electron chi connectivity index (χ3n) is 4.66. The Bertz CT molecular complexity index is 797. The van der Waals surface area contributed by atoms with Gasteiger partial charge in [-0.05, 0) is 31.6 Å². The number of hydrogen-bond donors (Lipinski definition) is 4. The number of rotatable bonds is 5. The molecule has 0 amide bonds. The number of nitrogens with two attached hydrogens (primary N) is 2. The van der Waals surface area contributed by atoms with E-state index < -0.39 is 0 Å². The van der Waals surface area contributed by atoms with Crippen LogP contribution in [0.2, 0.25) is 0 Å². The maximum Gasteiger partial charge on any atom is 0.311 e. The van der Waals surface area contributed by atoms with E-state index in [9.17, 15) is 4.79 Å². The summed E-state index contributed by atoms with van der Waals surface area (Å²) < 4.78 is 2.07. The topological polar surface area (TPSA) is 135 Å². The molecule has 1 aliphatic heterocycles. The number of carbonyl (C=O) groups excluding carboxylic acids is 1. The van der Waals surface area contributed by atoms with Gasteiger partial charge in [0.1, 0.15) is 6.54 Å². The van der Waals surface area contributed by atoms with E-state index in [0.717, 1.165) is 37.3 Å². The molecule has 0 bridgehead atoms.